The van der Waals surface area contributed by atoms with Gasteiger partial charge < -0.3 is 10.6 Å². The Labute approximate surface area is 118 Å². The number of nitrogens with two attached hydrogens (primary N) is 1. The number of anilines is 1. The molecule has 1 aliphatic heterocycles. The second-order valence-electron chi connectivity index (χ2n) is 5.06. The Morgan fingerprint density at radius 3 is 2.60 bits per heavy atom. The second kappa shape index (κ2) is 5.50. The summed E-state index contributed by atoms with van der Waals surface area (Å²) in [6, 6.07) is 2.17. The van der Waals surface area contributed by atoms with Crippen LogP contribution >= 0.6 is 0 Å². The van der Waals surface area contributed by atoms with Crippen molar-refractivity contribution >= 4 is 5.95 Å². The standard InChI is InChI=1S/C14H18N6/c1-10-13(17-7-6-16-10)12-2-5-18-14(19-12)20-8-3-11(15)4-9-20/h2,5-7,11H,3-4,8-9,15H2,1H3. The summed E-state index contributed by atoms with van der Waals surface area (Å²) < 4.78 is 0. The van der Waals surface area contributed by atoms with Gasteiger partial charge in [-0.3, -0.25) is 9.97 Å². The third-order valence-electron chi connectivity index (χ3n) is 3.59. The molecule has 2 N–H and O–H groups in total. The molecular weight excluding hydrogens is 252 g/mol. The first kappa shape index (κ1) is 12.9. The molecule has 6 nitrogen and oxygen atoms in total. The number of hydrogen-bond acceptors (Lipinski definition) is 6. The van der Waals surface area contributed by atoms with Crippen molar-refractivity contribution in [2.45, 2.75) is 25.8 Å². The topological polar surface area (TPSA) is 80.8 Å². The van der Waals surface area contributed by atoms with E-state index in [0.717, 1.165) is 49.0 Å². The molecule has 3 heterocycles. The highest BCUT2D eigenvalue weighted by Crippen LogP contribution is 2.20. The molecule has 6 heteroatoms. The van der Waals surface area contributed by atoms with E-state index in [1.54, 1.807) is 18.6 Å². The van der Waals surface area contributed by atoms with E-state index >= 15 is 0 Å². The van der Waals surface area contributed by atoms with E-state index in [1.807, 2.05) is 13.0 Å². The van der Waals surface area contributed by atoms with Crippen LogP contribution in [0.1, 0.15) is 18.5 Å². The number of aryl methyl sites for hydroxylation is 1. The SMILES string of the molecule is Cc1nccnc1-c1ccnc(N2CCC(N)CC2)n1. The quantitative estimate of drug-likeness (QED) is 0.882. The van der Waals surface area contributed by atoms with Gasteiger partial charge in [0.25, 0.3) is 0 Å². The van der Waals surface area contributed by atoms with Gasteiger partial charge >= 0.3 is 0 Å². The van der Waals surface area contributed by atoms with E-state index < -0.39 is 0 Å². The fraction of sp³-hybridized carbons (Fsp3) is 0.429. The lowest BCUT2D eigenvalue weighted by atomic mass is 10.1. The molecule has 104 valence electrons. The predicted octanol–water partition coefficient (Wildman–Crippen LogP) is 1.17. The molecule has 1 aliphatic rings. The van der Waals surface area contributed by atoms with Crippen molar-refractivity contribution in [1.82, 2.24) is 19.9 Å². The highest BCUT2D eigenvalue weighted by molar-refractivity contribution is 5.57. The van der Waals surface area contributed by atoms with Crippen LogP contribution in [0.25, 0.3) is 11.4 Å². The van der Waals surface area contributed by atoms with Crippen molar-refractivity contribution in [3.63, 3.8) is 0 Å². The van der Waals surface area contributed by atoms with Gasteiger partial charge in [0.15, 0.2) is 0 Å². The van der Waals surface area contributed by atoms with Crippen LogP contribution in [0.2, 0.25) is 0 Å². The lowest BCUT2D eigenvalue weighted by Gasteiger charge is -2.30. The van der Waals surface area contributed by atoms with Crippen molar-refractivity contribution < 1.29 is 0 Å². The fourth-order valence-electron chi connectivity index (χ4n) is 2.39. The summed E-state index contributed by atoms with van der Waals surface area (Å²) in [4.78, 5) is 19.8. The maximum atomic E-state index is 5.93. The van der Waals surface area contributed by atoms with Gasteiger partial charge in [-0.15, -0.1) is 0 Å². The summed E-state index contributed by atoms with van der Waals surface area (Å²) in [7, 11) is 0. The molecule has 0 amide bonds. The summed E-state index contributed by atoms with van der Waals surface area (Å²) >= 11 is 0. The molecule has 0 aliphatic carbocycles. The molecule has 0 saturated carbocycles. The molecule has 0 bridgehead atoms. The Balaban J connectivity index is 1.88. The number of hydrogen-bond donors (Lipinski definition) is 1. The summed E-state index contributed by atoms with van der Waals surface area (Å²) in [6.45, 7) is 3.75. The van der Waals surface area contributed by atoms with E-state index in [9.17, 15) is 0 Å². The zero-order chi connectivity index (χ0) is 13.9. The van der Waals surface area contributed by atoms with Crippen LogP contribution in [0.15, 0.2) is 24.7 Å². The van der Waals surface area contributed by atoms with E-state index in [-0.39, 0.29) is 0 Å². The maximum absolute atomic E-state index is 5.93. The van der Waals surface area contributed by atoms with E-state index in [0.29, 0.717) is 6.04 Å². The summed E-state index contributed by atoms with van der Waals surface area (Å²) in [5.41, 5.74) is 8.43. The second-order valence-corrected chi connectivity index (χ2v) is 5.06. The van der Waals surface area contributed by atoms with Crippen molar-refractivity contribution in [1.29, 1.82) is 0 Å². The first-order valence-corrected chi connectivity index (χ1v) is 6.85. The highest BCUT2D eigenvalue weighted by Gasteiger charge is 2.19. The Morgan fingerprint density at radius 1 is 1.10 bits per heavy atom. The average molecular weight is 270 g/mol. The van der Waals surface area contributed by atoms with Crippen LogP contribution < -0.4 is 10.6 Å². The Hall–Kier alpha value is -2.08. The lowest BCUT2D eigenvalue weighted by molar-refractivity contribution is 0.495. The maximum Gasteiger partial charge on any atom is 0.225 e. The van der Waals surface area contributed by atoms with Crippen LogP contribution in [-0.4, -0.2) is 39.1 Å². The molecular formula is C14H18N6. The average Bonchev–Trinajstić information content (AvgIpc) is 2.49. The summed E-state index contributed by atoms with van der Waals surface area (Å²) in [5.74, 6) is 0.749. The number of rotatable bonds is 2. The van der Waals surface area contributed by atoms with Crippen LogP contribution in [0, 0.1) is 6.92 Å². The monoisotopic (exact) mass is 270 g/mol. The zero-order valence-electron chi connectivity index (χ0n) is 11.5. The molecule has 2 aromatic heterocycles. The van der Waals surface area contributed by atoms with Gasteiger partial charge in [-0.25, -0.2) is 9.97 Å². The molecule has 1 saturated heterocycles. The Kier molecular flexibility index (Phi) is 3.56. The van der Waals surface area contributed by atoms with E-state index in [4.69, 9.17) is 5.73 Å². The van der Waals surface area contributed by atoms with Gasteiger partial charge in [-0.2, -0.15) is 0 Å². The molecule has 0 spiro atoms. The Bertz CT molecular complexity index is 592. The van der Waals surface area contributed by atoms with E-state index in [2.05, 4.69) is 24.8 Å². The van der Waals surface area contributed by atoms with Gasteiger partial charge in [0.2, 0.25) is 5.95 Å². The molecule has 0 radical (unpaired) electrons. The van der Waals surface area contributed by atoms with Gasteiger partial charge in [0.1, 0.15) is 5.69 Å². The number of piperidine rings is 1. The minimum Gasteiger partial charge on any atom is -0.341 e. The number of aromatic nitrogens is 4. The van der Waals surface area contributed by atoms with E-state index in [1.165, 1.54) is 0 Å². The van der Waals surface area contributed by atoms with Crippen LogP contribution in [0.4, 0.5) is 5.95 Å². The molecule has 0 unspecified atom stereocenters. The first-order valence-electron chi connectivity index (χ1n) is 6.85. The Morgan fingerprint density at radius 2 is 1.85 bits per heavy atom. The minimum atomic E-state index is 0.302. The normalized spacial score (nSPS) is 16.4. The summed E-state index contributed by atoms with van der Waals surface area (Å²) in [5, 5.41) is 0. The van der Waals surface area contributed by atoms with Gasteiger partial charge in [-0.05, 0) is 25.8 Å². The highest BCUT2D eigenvalue weighted by atomic mass is 15.3. The van der Waals surface area contributed by atoms with Crippen LogP contribution in [0.5, 0.6) is 0 Å². The molecule has 20 heavy (non-hydrogen) atoms. The van der Waals surface area contributed by atoms with Gasteiger partial charge in [0.05, 0.1) is 11.4 Å². The third-order valence-corrected chi connectivity index (χ3v) is 3.59. The largest absolute Gasteiger partial charge is 0.341 e. The van der Waals surface area contributed by atoms with Crippen molar-refractivity contribution in [2.75, 3.05) is 18.0 Å². The third kappa shape index (κ3) is 2.60. The predicted molar refractivity (Wildman–Crippen MR) is 77.2 cm³/mol. The summed E-state index contributed by atoms with van der Waals surface area (Å²) in [6.07, 6.45) is 7.12. The van der Waals surface area contributed by atoms with Crippen molar-refractivity contribution in [3.05, 3.63) is 30.4 Å². The van der Waals surface area contributed by atoms with Crippen LogP contribution in [-0.2, 0) is 0 Å². The van der Waals surface area contributed by atoms with Gasteiger partial charge in [0, 0.05) is 37.7 Å². The van der Waals surface area contributed by atoms with Gasteiger partial charge in [-0.1, -0.05) is 0 Å². The molecule has 3 rings (SSSR count). The number of nitrogens with zero attached hydrogens (tertiary/aromatic N) is 5. The fourth-order valence-corrected chi connectivity index (χ4v) is 2.39. The minimum absolute atomic E-state index is 0.302. The van der Waals surface area contributed by atoms with Crippen molar-refractivity contribution in [2.24, 2.45) is 5.73 Å². The smallest absolute Gasteiger partial charge is 0.225 e. The molecule has 0 aromatic carbocycles. The molecule has 1 fully saturated rings. The molecule has 0 atom stereocenters. The first-order chi connectivity index (χ1) is 9.74. The lowest BCUT2D eigenvalue weighted by Crippen LogP contribution is -2.40. The van der Waals surface area contributed by atoms with Crippen LogP contribution in [0.3, 0.4) is 0 Å². The molecule has 2 aromatic rings. The van der Waals surface area contributed by atoms with Crippen molar-refractivity contribution in [3.8, 4) is 11.4 Å². The zero-order valence-corrected chi connectivity index (χ0v) is 11.5.